The minimum absolute atomic E-state index is 0.0190. The molecule has 0 spiro atoms. The van der Waals surface area contributed by atoms with E-state index in [4.69, 9.17) is 0 Å². The SMILES string of the molecule is C[C@@H]1CC[C@]2(C)CC[C@]3(C)C(=CC[C@@H]4[C@@]5(C)CC[C@H](O)C(C)(C)[C@H]5CC[C@]43C)[C@@H]2[C@H]1CO. The fourth-order valence-electron chi connectivity index (χ4n) is 10.9. The zero-order chi connectivity index (χ0) is 23.3. The smallest absolute Gasteiger partial charge is 0.0594 e. The van der Waals surface area contributed by atoms with E-state index < -0.39 is 0 Å². The van der Waals surface area contributed by atoms with Gasteiger partial charge in [-0.1, -0.05) is 60.1 Å². The van der Waals surface area contributed by atoms with Crippen LogP contribution in [0.1, 0.15) is 106 Å². The molecule has 0 aromatic carbocycles. The molecule has 5 rings (SSSR count). The number of allylic oxidation sites excluding steroid dienone is 2. The second kappa shape index (κ2) is 7.09. The first-order chi connectivity index (χ1) is 14.8. The molecule has 0 bridgehead atoms. The summed E-state index contributed by atoms with van der Waals surface area (Å²) in [6, 6.07) is 0. The van der Waals surface area contributed by atoms with Crippen molar-refractivity contribution in [2.75, 3.05) is 6.61 Å². The van der Waals surface area contributed by atoms with Gasteiger partial charge in [0, 0.05) is 6.61 Å². The van der Waals surface area contributed by atoms with Crippen LogP contribution in [0.5, 0.6) is 0 Å². The Morgan fingerprint density at radius 1 is 0.875 bits per heavy atom. The van der Waals surface area contributed by atoms with Crippen LogP contribution in [0, 0.1) is 56.7 Å². The van der Waals surface area contributed by atoms with Gasteiger partial charge >= 0.3 is 0 Å². The number of fused-ring (bicyclic) bond motifs is 7. The van der Waals surface area contributed by atoms with Crippen LogP contribution in [0.2, 0.25) is 0 Å². The van der Waals surface area contributed by atoms with Crippen LogP contribution in [-0.2, 0) is 0 Å². The zero-order valence-corrected chi connectivity index (χ0v) is 22.0. The summed E-state index contributed by atoms with van der Waals surface area (Å²) >= 11 is 0. The summed E-state index contributed by atoms with van der Waals surface area (Å²) in [5, 5.41) is 21.4. The average Bonchev–Trinajstić information content (AvgIpc) is 2.73. The maximum atomic E-state index is 10.9. The fraction of sp³-hybridized carbons (Fsp3) is 0.933. The van der Waals surface area contributed by atoms with Crippen molar-refractivity contribution in [1.29, 1.82) is 0 Å². The predicted molar refractivity (Wildman–Crippen MR) is 132 cm³/mol. The van der Waals surface area contributed by atoms with E-state index in [0.29, 0.717) is 52.4 Å². The van der Waals surface area contributed by atoms with Crippen LogP contribution in [0.25, 0.3) is 0 Å². The van der Waals surface area contributed by atoms with E-state index in [1.807, 2.05) is 0 Å². The first-order valence-electron chi connectivity index (χ1n) is 13.8. The molecule has 0 aliphatic heterocycles. The highest BCUT2D eigenvalue weighted by Crippen LogP contribution is 2.75. The van der Waals surface area contributed by atoms with Gasteiger partial charge < -0.3 is 10.2 Å². The van der Waals surface area contributed by atoms with Gasteiger partial charge in [-0.15, -0.1) is 0 Å². The minimum Gasteiger partial charge on any atom is -0.396 e. The molecule has 0 unspecified atom stereocenters. The molecule has 0 saturated heterocycles. The summed E-state index contributed by atoms with van der Waals surface area (Å²) < 4.78 is 0. The van der Waals surface area contributed by atoms with Gasteiger partial charge in [-0.25, -0.2) is 0 Å². The van der Waals surface area contributed by atoms with Crippen LogP contribution >= 0.6 is 0 Å². The summed E-state index contributed by atoms with van der Waals surface area (Å²) in [5.41, 5.74) is 3.02. The quantitative estimate of drug-likeness (QED) is 0.429. The van der Waals surface area contributed by atoms with E-state index in [1.54, 1.807) is 5.57 Å². The van der Waals surface area contributed by atoms with E-state index in [1.165, 1.54) is 51.4 Å². The van der Waals surface area contributed by atoms with Crippen molar-refractivity contribution in [3.8, 4) is 0 Å². The Balaban J connectivity index is 1.59. The minimum atomic E-state index is -0.153. The molecule has 0 radical (unpaired) electrons. The van der Waals surface area contributed by atoms with Crippen LogP contribution < -0.4 is 0 Å². The third kappa shape index (κ3) is 2.72. The average molecular weight is 443 g/mol. The Morgan fingerprint density at radius 2 is 1.59 bits per heavy atom. The monoisotopic (exact) mass is 442 g/mol. The van der Waals surface area contributed by atoms with Crippen LogP contribution in [0.3, 0.4) is 0 Å². The maximum absolute atomic E-state index is 10.9. The van der Waals surface area contributed by atoms with Gasteiger partial charge in [-0.2, -0.15) is 0 Å². The molecule has 5 aliphatic rings. The molecule has 182 valence electrons. The largest absolute Gasteiger partial charge is 0.396 e. The van der Waals surface area contributed by atoms with E-state index in [2.05, 4.69) is 54.5 Å². The maximum Gasteiger partial charge on any atom is 0.0594 e. The lowest BCUT2D eigenvalue weighted by atomic mass is 9.33. The van der Waals surface area contributed by atoms with Gasteiger partial charge in [0.15, 0.2) is 0 Å². The van der Waals surface area contributed by atoms with Crippen molar-refractivity contribution >= 4 is 0 Å². The number of aliphatic hydroxyl groups is 2. The molecule has 2 heteroatoms. The Bertz CT molecular complexity index is 799. The van der Waals surface area contributed by atoms with Gasteiger partial charge in [0.05, 0.1) is 6.10 Å². The molecular weight excluding hydrogens is 392 g/mol. The van der Waals surface area contributed by atoms with Gasteiger partial charge in [0.25, 0.3) is 0 Å². The molecule has 0 aromatic rings. The number of hydrogen-bond acceptors (Lipinski definition) is 2. The molecule has 4 saturated carbocycles. The van der Waals surface area contributed by atoms with Gasteiger partial charge in [-0.05, 0) is 114 Å². The van der Waals surface area contributed by atoms with Crippen molar-refractivity contribution in [2.24, 2.45) is 56.7 Å². The highest BCUT2D eigenvalue weighted by atomic mass is 16.3. The topological polar surface area (TPSA) is 40.5 Å². The van der Waals surface area contributed by atoms with Crippen molar-refractivity contribution in [1.82, 2.24) is 0 Å². The van der Waals surface area contributed by atoms with E-state index in [-0.39, 0.29) is 16.9 Å². The Morgan fingerprint density at radius 3 is 2.28 bits per heavy atom. The number of rotatable bonds is 1. The standard InChI is InChI=1S/C30H50O2/c1-19-10-13-27(4)16-17-29(6)21(25(27)20(19)18-31)8-9-23-28(5)14-12-24(32)26(2,3)22(28)11-15-30(23,29)7/h8,19-20,22-25,31-32H,9-18H2,1-7H3/t19-,20+,22-,23-,24+,25+,27-,28+,29-,30-/m1/s1. The predicted octanol–water partition coefficient (Wildman–Crippen LogP) is 7.00. The molecule has 32 heavy (non-hydrogen) atoms. The van der Waals surface area contributed by atoms with E-state index in [0.717, 1.165) is 6.42 Å². The van der Waals surface area contributed by atoms with E-state index in [9.17, 15) is 10.2 Å². The molecule has 4 fully saturated rings. The van der Waals surface area contributed by atoms with Crippen molar-refractivity contribution in [3.63, 3.8) is 0 Å². The van der Waals surface area contributed by atoms with Crippen molar-refractivity contribution in [3.05, 3.63) is 11.6 Å². The van der Waals surface area contributed by atoms with Crippen LogP contribution in [0.4, 0.5) is 0 Å². The normalized spacial score (nSPS) is 56.8. The van der Waals surface area contributed by atoms with Gasteiger partial charge in [0.1, 0.15) is 0 Å². The second-order valence-corrected chi connectivity index (χ2v) is 14.7. The Hall–Kier alpha value is -0.340. The first-order valence-corrected chi connectivity index (χ1v) is 13.8. The second-order valence-electron chi connectivity index (χ2n) is 14.7. The lowest BCUT2D eigenvalue weighted by Crippen LogP contribution is -2.64. The Kier molecular flexibility index (Phi) is 5.19. The lowest BCUT2D eigenvalue weighted by Gasteiger charge is -2.71. The van der Waals surface area contributed by atoms with Crippen LogP contribution in [-0.4, -0.2) is 22.9 Å². The molecule has 0 amide bonds. The van der Waals surface area contributed by atoms with Crippen molar-refractivity contribution < 1.29 is 10.2 Å². The summed E-state index contributed by atoms with van der Waals surface area (Å²) in [6.45, 7) is 17.9. The van der Waals surface area contributed by atoms with Crippen molar-refractivity contribution in [2.45, 2.75) is 112 Å². The molecule has 5 aliphatic carbocycles. The molecule has 2 N–H and O–H groups in total. The fourth-order valence-corrected chi connectivity index (χ4v) is 10.9. The first kappa shape index (κ1) is 23.4. The third-order valence-corrected chi connectivity index (χ3v) is 13.3. The van der Waals surface area contributed by atoms with Crippen LogP contribution in [0.15, 0.2) is 11.6 Å². The highest BCUT2D eigenvalue weighted by Gasteiger charge is 2.68. The number of hydrogen-bond donors (Lipinski definition) is 2. The molecule has 2 nitrogen and oxygen atoms in total. The molecule has 10 atom stereocenters. The highest BCUT2D eigenvalue weighted by molar-refractivity contribution is 5.34. The van der Waals surface area contributed by atoms with E-state index >= 15 is 0 Å². The summed E-state index contributed by atoms with van der Waals surface area (Å²) in [6.07, 6.45) is 13.7. The van der Waals surface area contributed by atoms with Gasteiger partial charge in [-0.3, -0.25) is 0 Å². The lowest BCUT2D eigenvalue weighted by molar-refractivity contribution is -0.204. The summed E-state index contributed by atoms with van der Waals surface area (Å²) in [5.74, 6) is 2.93. The summed E-state index contributed by atoms with van der Waals surface area (Å²) in [7, 11) is 0. The molecule has 0 heterocycles. The third-order valence-electron chi connectivity index (χ3n) is 13.3. The van der Waals surface area contributed by atoms with Gasteiger partial charge in [0.2, 0.25) is 0 Å². The number of aliphatic hydroxyl groups excluding tert-OH is 2. The zero-order valence-electron chi connectivity index (χ0n) is 22.0. The Labute approximate surface area is 197 Å². The summed E-state index contributed by atoms with van der Waals surface area (Å²) in [4.78, 5) is 0. The molecule has 0 aromatic heterocycles. The molecular formula is C30H50O2.